The third kappa shape index (κ3) is 4.97. The number of thioether (sulfide) groups is 1. The number of nitriles is 1. The summed E-state index contributed by atoms with van der Waals surface area (Å²) < 4.78 is 10.9. The number of carbonyl (C=O) groups excluding carboxylic acids is 2. The topological polar surface area (TPSA) is 136 Å². The summed E-state index contributed by atoms with van der Waals surface area (Å²) in [5.74, 6) is -0.230. The molecular formula is C24H16N4O6S. The van der Waals surface area contributed by atoms with E-state index >= 15 is 0 Å². The minimum Gasteiger partial charge on any atom is -0.493 e. The lowest BCUT2D eigenvalue weighted by Crippen LogP contribution is -2.27. The lowest BCUT2D eigenvalue weighted by molar-refractivity contribution is -0.386. The summed E-state index contributed by atoms with van der Waals surface area (Å²) in [6, 6.07) is 16.2. The monoisotopic (exact) mass is 488 g/mol. The van der Waals surface area contributed by atoms with Gasteiger partial charge in [0.15, 0.2) is 11.5 Å². The summed E-state index contributed by atoms with van der Waals surface area (Å²) >= 11 is 0.793. The highest BCUT2D eigenvalue weighted by Gasteiger charge is 2.35. The van der Waals surface area contributed by atoms with Crippen LogP contribution in [-0.4, -0.2) is 33.1 Å². The normalized spacial score (nSPS) is 14.2. The van der Waals surface area contributed by atoms with Gasteiger partial charge >= 0.3 is 5.69 Å². The second kappa shape index (κ2) is 10.1. The Kier molecular flexibility index (Phi) is 6.75. The van der Waals surface area contributed by atoms with E-state index in [0.717, 1.165) is 16.7 Å². The molecule has 1 saturated heterocycles. The molecule has 1 aliphatic rings. The molecule has 174 valence electrons. The Labute approximate surface area is 203 Å². The number of benzene rings is 2. The maximum Gasteiger partial charge on any atom is 0.331 e. The summed E-state index contributed by atoms with van der Waals surface area (Å²) in [5, 5.41) is 20.0. The Morgan fingerprint density at radius 1 is 1.17 bits per heavy atom. The van der Waals surface area contributed by atoms with Gasteiger partial charge in [-0.2, -0.15) is 5.26 Å². The number of pyridine rings is 1. The van der Waals surface area contributed by atoms with E-state index in [4.69, 9.17) is 9.47 Å². The highest BCUT2D eigenvalue weighted by molar-refractivity contribution is 8.18. The van der Waals surface area contributed by atoms with E-state index in [0.29, 0.717) is 16.7 Å². The van der Waals surface area contributed by atoms with E-state index < -0.39 is 16.1 Å². The number of hydrogen-bond acceptors (Lipinski definition) is 9. The lowest BCUT2D eigenvalue weighted by atomic mass is 10.1. The Hall–Kier alpha value is -4.69. The molecule has 11 heteroatoms. The van der Waals surface area contributed by atoms with Crippen molar-refractivity contribution in [3.63, 3.8) is 0 Å². The third-order valence-electron chi connectivity index (χ3n) is 4.98. The minimum absolute atomic E-state index is 0.00923. The first-order chi connectivity index (χ1) is 16.9. The number of methoxy groups -OCH3 is 1. The van der Waals surface area contributed by atoms with Gasteiger partial charge < -0.3 is 9.47 Å². The van der Waals surface area contributed by atoms with E-state index in [1.54, 1.807) is 36.4 Å². The third-order valence-corrected chi connectivity index (χ3v) is 5.89. The van der Waals surface area contributed by atoms with Crippen molar-refractivity contribution in [2.75, 3.05) is 7.11 Å². The van der Waals surface area contributed by atoms with Gasteiger partial charge in [0.25, 0.3) is 17.0 Å². The van der Waals surface area contributed by atoms with Crippen molar-refractivity contribution in [3.8, 4) is 23.4 Å². The molecule has 2 heterocycles. The minimum atomic E-state index is -0.603. The van der Waals surface area contributed by atoms with E-state index in [2.05, 4.69) is 11.1 Å². The summed E-state index contributed by atoms with van der Waals surface area (Å²) in [6.07, 6.45) is 2.91. The van der Waals surface area contributed by atoms with Crippen molar-refractivity contribution in [3.05, 3.63) is 92.5 Å². The molecule has 2 aromatic carbocycles. The van der Waals surface area contributed by atoms with Crippen LogP contribution < -0.4 is 9.47 Å². The van der Waals surface area contributed by atoms with Gasteiger partial charge in [0.05, 0.1) is 35.1 Å². The summed E-state index contributed by atoms with van der Waals surface area (Å²) in [6.45, 7) is -0.00923. The highest BCUT2D eigenvalue weighted by Crippen LogP contribution is 2.37. The van der Waals surface area contributed by atoms with Gasteiger partial charge in [-0.05, 0) is 53.2 Å². The average Bonchev–Trinajstić information content (AvgIpc) is 3.12. The zero-order chi connectivity index (χ0) is 24.9. The molecular weight excluding hydrogens is 472 g/mol. The Morgan fingerprint density at radius 3 is 2.71 bits per heavy atom. The van der Waals surface area contributed by atoms with E-state index in [1.807, 2.05) is 0 Å². The molecule has 1 aliphatic heterocycles. The van der Waals surface area contributed by atoms with Crippen LogP contribution in [0, 0.1) is 21.4 Å². The number of nitro groups is 1. The fourth-order valence-corrected chi connectivity index (χ4v) is 4.13. The van der Waals surface area contributed by atoms with E-state index in [1.165, 1.54) is 37.6 Å². The summed E-state index contributed by atoms with van der Waals surface area (Å²) in [4.78, 5) is 41.2. The number of amides is 2. The molecule has 0 N–H and O–H groups in total. The molecule has 0 radical (unpaired) electrons. The SMILES string of the molecule is COc1cc(/C=C2\SC(=O)N(Cc3ccccc3C#N)C2=O)ccc1Oc1ncccc1[N+](=O)[O-]. The van der Waals surface area contributed by atoms with Gasteiger partial charge in [-0.25, -0.2) is 4.98 Å². The smallest absolute Gasteiger partial charge is 0.331 e. The Morgan fingerprint density at radius 2 is 1.97 bits per heavy atom. The van der Waals surface area contributed by atoms with E-state index in [-0.39, 0.29) is 34.5 Å². The number of aromatic nitrogens is 1. The number of carbonyl (C=O) groups is 2. The lowest BCUT2D eigenvalue weighted by Gasteiger charge is -2.13. The zero-order valence-corrected chi connectivity index (χ0v) is 19.0. The molecule has 0 spiro atoms. The van der Waals surface area contributed by atoms with Crippen molar-refractivity contribution < 1.29 is 24.0 Å². The van der Waals surface area contributed by atoms with Crippen molar-refractivity contribution >= 4 is 34.7 Å². The Balaban J connectivity index is 1.57. The zero-order valence-electron chi connectivity index (χ0n) is 18.2. The molecule has 0 aliphatic carbocycles. The predicted molar refractivity (Wildman–Crippen MR) is 127 cm³/mol. The van der Waals surface area contributed by atoms with E-state index in [9.17, 15) is 25.0 Å². The number of rotatable bonds is 7. The van der Waals surface area contributed by atoms with Crippen molar-refractivity contribution in [2.24, 2.45) is 0 Å². The van der Waals surface area contributed by atoms with Gasteiger partial charge in [-0.3, -0.25) is 24.6 Å². The number of nitrogens with zero attached hydrogens (tertiary/aromatic N) is 4. The van der Waals surface area contributed by atoms with Crippen LogP contribution in [-0.2, 0) is 11.3 Å². The van der Waals surface area contributed by atoms with Crippen LogP contribution >= 0.6 is 11.8 Å². The molecule has 0 bridgehead atoms. The molecule has 0 unspecified atom stereocenters. The fourth-order valence-electron chi connectivity index (χ4n) is 3.29. The van der Waals surface area contributed by atoms with Crippen LogP contribution in [0.3, 0.4) is 0 Å². The second-order valence-corrected chi connectivity index (χ2v) is 8.13. The molecule has 1 fully saturated rings. The van der Waals surface area contributed by atoms with Crippen molar-refractivity contribution in [1.82, 2.24) is 9.88 Å². The van der Waals surface area contributed by atoms with Gasteiger partial charge in [-0.15, -0.1) is 0 Å². The maximum atomic E-state index is 12.9. The fraction of sp³-hybridized carbons (Fsp3) is 0.0833. The molecule has 10 nitrogen and oxygen atoms in total. The molecule has 3 aromatic rings. The number of ether oxygens (including phenoxy) is 2. The molecule has 0 saturated carbocycles. The summed E-state index contributed by atoms with van der Waals surface area (Å²) in [7, 11) is 1.40. The molecule has 35 heavy (non-hydrogen) atoms. The molecule has 2 amide bonds. The average molecular weight is 488 g/mol. The first-order valence-corrected chi connectivity index (χ1v) is 10.9. The largest absolute Gasteiger partial charge is 0.493 e. The van der Waals surface area contributed by atoms with Crippen LogP contribution in [0.25, 0.3) is 6.08 Å². The van der Waals surface area contributed by atoms with Crippen molar-refractivity contribution in [2.45, 2.75) is 6.54 Å². The van der Waals surface area contributed by atoms with Crippen LogP contribution in [0.2, 0.25) is 0 Å². The second-order valence-electron chi connectivity index (χ2n) is 7.13. The number of hydrogen-bond donors (Lipinski definition) is 0. The first-order valence-electron chi connectivity index (χ1n) is 10.1. The van der Waals surface area contributed by atoms with Gasteiger partial charge in [0, 0.05) is 12.3 Å². The molecule has 1 aromatic heterocycles. The standard InChI is InChI=1S/C24H16N4O6S/c1-33-20-11-15(8-9-19(20)34-22-18(28(31)32)7-4-10-26-22)12-21-23(29)27(24(30)35-21)14-17-6-3-2-5-16(17)13-25/h2-12H,14H2,1H3/b21-12-. The quantitative estimate of drug-likeness (QED) is 0.258. The summed E-state index contributed by atoms with van der Waals surface area (Å²) in [5.41, 5.74) is 1.22. The maximum absolute atomic E-state index is 12.9. The highest BCUT2D eigenvalue weighted by atomic mass is 32.2. The predicted octanol–water partition coefficient (Wildman–Crippen LogP) is 4.90. The van der Waals surface area contributed by atoms with Crippen LogP contribution in [0.5, 0.6) is 17.4 Å². The van der Waals surface area contributed by atoms with Gasteiger partial charge in [0.2, 0.25) is 0 Å². The first kappa shape index (κ1) is 23.5. The molecule has 0 atom stereocenters. The van der Waals surface area contributed by atoms with Gasteiger partial charge in [-0.1, -0.05) is 24.3 Å². The van der Waals surface area contributed by atoms with Crippen LogP contribution in [0.4, 0.5) is 10.5 Å². The Bertz CT molecular complexity index is 1420. The number of imide groups is 1. The van der Waals surface area contributed by atoms with Gasteiger partial charge in [0.1, 0.15) is 0 Å². The molecule has 4 rings (SSSR count). The van der Waals surface area contributed by atoms with Crippen LogP contribution in [0.15, 0.2) is 65.7 Å². The van der Waals surface area contributed by atoms with Crippen molar-refractivity contribution in [1.29, 1.82) is 5.26 Å². The van der Waals surface area contributed by atoms with Crippen LogP contribution in [0.1, 0.15) is 16.7 Å².